The Bertz CT molecular complexity index is 1140. The molecule has 5 nitrogen and oxygen atoms in total. The zero-order chi connectivity index (χ0) is 20.8. The Balaban J connectivity index is 1.50. The molecule has 0 N–H and O–H groups in total. The molecule has 5 rings (SSSR count). The number of hydrogen-bond acceptors (Lipinski definition) is 3. The summed E-state index contributed by atoms with van der Waals surface area (Å²) in [5.74, 6) is -0.0154. The van der Waals surface area contributed by atoms with Crippen molar-refractivity contribution in [2.75, 3.05) is 18.0 Å². The molecule has 2 atom stereocenters. The fourth-order valence-corrected chi connectivity index (χ4v) is 6.16. The number of carbonyl (C=O) groups excluding carboxylic acids is 1. The highest BCUT2D eigenvalue weighted by atomic mass is 32.3. The van der Waals surface area contributed by atoms with Gasteiger partial charge in [-0.2, -0.15) is 0 Å². The van der Waals surface area contributed by atoms with Crippen molar-refractivity contribution in [3.05, 3.63) is 96.1 Å². The van der Waals surface area contributed by atoms with E-state index < -0.39 is 15.8 Å². The third kappa shape index (κ3) is 2.91. The number of rotatable bonds is 4. The lowest BCUT2D eigenvalue weighted by molar-refractivity contribution is -0.122. The lowest BCUT2D eigenvalue weighted by Gasteiger charge is -2.26. The molecule has 0 radical (unpaired) electrons. The quantitative estimate of drug-likeness (QED) is 0.606. The van der Waals surface area contributed by atoms with Gasteiger partial charge in [0.2, 0.25) is 5.91 Å². The van der Waals surface area contributed by atoms with Gasteiger partial charge in [-0.3, -0.25) is 4.79 Å². The van der Waals surface area contributed by atoms with Crippen molar-refractivity contribution in [2.45, 2.75) is 23.3 Å². The topological polar surface area (TPSA) is 63.7 Å². The van der Waals surface area contributed by atoms with Gasteiger partial charge in [0, 0.05) is 12.2 Å². The van der Waals surface area contributed by atoms with Crippen molar-refractivity contribution in [1.29, 1.82) is 0 Å². The maximum atomic E-state index is 13.7. The smallest absolute Gasteiger partial charge is 0.239 e. The monoisotopic (exact) mass is 418 g/mol. The summed E-state index contributed by atoms with van der Waals surface area (Å²) in [6.45, 7) is 0.978. The van der Waals surface area contributed by atoms with Gasteiger partial charge in [-0.15, -0.1) is 4.31 Å². The molecule has 3 aromatic carbocycles. The second kappa shape index (κ2) is 7.16. The highest BCUT2D eigenvalue weighted by molar-refractivity contribution is 7.95. The molecule has 2 aliphatic heterocycles. The molecule has 1 spiro atoms. The van der Waals surface area contributed by atoms with E-state index in [0.717, 1.165) is 16.8 Å². The fourth-order valence-electron chi connectivity index (χ4n) is 4.64. The maximum absolute atomic E-state index is 13.7. The summed E-state index contributed by atoms with van der Waals surface area (Å²) in [6, 6.07) is 26.1. The van der Waals surface area contributed by atoms with Gasteiger partial charge in [0.1, 0.15) is 0 Å². The molecule has 1 saturated heterocycles. The Morgan fingerprint density at radius 2 is 1.53 bits per heavy atom. The van der Waals surface area contributed by atoms with E-state index in [2.05, 4.69) is 0 Å². The first-order valence-electron chi connectivity index (χ1n) is 10.0. The minimum absolute atomic E-state index is 0.0154. The number of sulfonamides is 1. The molecule has 0 saturated carbocycles. The van der Waals surface area contributed by atoms with Crippen LogP contribution in [0.25, 0.3) is 0 Å². The SMILES string of the molecule is O=C1N(Cc2ccccc2)c2ccccc2C12CCN([S+](=O)([O-])c1ccccc1)C2. The second-order valence-electron chi connectivity index (χ2n) is 7.88. The average molecular weight is 419 g/mol. The molecule has 2 aliphatic rings. The summed E-state index contributed by atoms with van der Waals surface area (Å²) in [7, 11) is -3.64. The number of anilines is 1. The van der Waals surface area contributed by atoms with Crippen LogP contribution in [0.3, 0.4) is 0 Å². The number of benzene rings is 3. The number of carbonyl (C=O) groups is 1. The van der Waals surface area contributed by atoms with Gasteiger partial charge in [0.05, 0.1) is 18.5 Å². The first-order valence-corrected chi connectivity index (χ1v) is 11.5. The van der Waals surface area contributed by atoms with Crippen LogP contribution in [0.1, 0.15) is 17.5 Å². The van der Waals surface area contributed by atoms with Gasteiger partial charge in [-0.05, 0) is 35.7 Å². The Labute approximate surface area is 177 Å². The van der Waals surface area contributed by atoms with Crippen LogP contribution in [0, 0.1) is 0 Å². The van der Waals surface area contributed by atoms with Crippen LogP contribution < -0.4 is 4.90 Å². The lowest BCUT2D eigenvalue weighted by atomic mass is 9.81. The van der Waals surface area contributed by atoms with E-state index in [0.29, 0.717) is 19.5 Å². The van der Waals surface area contributed by atoms with Crippen molar-refractivity contribution in [3.63, 3.8) is 0 Å². The third-order valence-corrected chi connectivity index (χ3v) is 8.02. The molecule has 3 aromatic rings. The third-order valence-electron chi connectivity index (χ3n) is 6.16. The van der Waals surface area contributed by atoms with E-state index in [1.165, 1.54) is 4.31 Å². The van der Waals surface area contributed by atoms with Gasteiger partial charge in [-0.25, -0.2) is 0 Å². The summed E-state index contributed by atoms with van der Waals surface area (Å²) in [5, 5.41) is 0. The normalized spacial score (nSPS) is 23.0. The number of para-hydroxylation sites is 1. The second-order valence-corrected chi connectivity index (χ2v) is 9.82. The van der Waals surface area contributed by atoms with Crippen LogP contribution in [-0.4, -0.2) is 27.9 Å². The molecular weight excluding hydrogens is 396 g/mol. The zero-order valence-corrected chi connectivity index (χ0v) is 17.3. The largest absolute Gasteiger partial charge is 0.593 e. The van der Waals surface area contributed by atoms with Gasteiger partial charge >= 0.3 is 0 Å². The van der Waals surface area contributed by atoms with Crippen LogP contribution in [-0.2, 0) is 31.4 Å². The number of amides is 1. The summed E-state index contributed by atoms with van der Waals surface area (Å²) in [4.78, 5) is 15.8. The molecule has 1 amide bonds. The molecule has 2 heterocycles. The van der Waals surface area contributed by atoms with Crippen LogP contribution in [0.15, 0.2) is 89.8 Å². The minimum atomic E-state index is -3.64. The van der Waals surface area contributed by atoms with Crippen molar-refractivity contribution in [1.82, 2.24) is 4.31 Å². The van der Waals surface area contributed by atoms with E-state index >= 15 is 0 Å². The first-order chi connectivity index (χ1) is 14.5. The Hall–Kier alpha value is -2.80. The Morgan fingerprint density at radius 3 is 2.27 bits per heavy atom. The van der Waals surface area contributed by atoms with E-state index in [1.54, 1.807) is 30.3 Å². The molecule has 0 bridgehead atoms. The van der Waals surface area contributed by atoms with Crippen LogP contribution in [0.4, 0.5) is 5.69 Å². The predicted octanol–water partition coefficient (Wildman–Crippen LogP) is 3.78. The summed E-state index contributed by atoms with van der Waals surface area (Å²) in [5.41, 5.74) is 2.03. The first kappa shape index (κ1) is 19.2. The molecule has 152 valence electrons. The molecule has 0 aromatic heterocycles. The Kier molecular flexibility index (Phi) is 4.58. The van der Waals surface area contributed by atoms with E-state index in [9.17, 15) is 13.6 Å². The molecule has 2 unspecified atom stereocenters. The van der Waals surface area contributed by atoms with Gasteiger partial charge in [0.25, 0.3) is 0 Å². The van der Waals surface area contributed by atoms with Gasteiger partial charge in [0.15, 0.2) is 15.3 Å². The van der Waals surface area contributed by atoms with Gasteiger partial charge < -0.3 is 9.45 Å². The maximum Gasteiger partial charge on any atom is 0.239 e. The van der Waals surface area contributed by atoms with E-state index in [1.807, 2.05) is 59.5 Å². The van der Waals surface area contributed by atoms with Crippen molar-refractivity contribution in [2.24, 2.45) is 0 Å². The number of hydrogen-bond donors (Lipinski definition) is 0. The fraction of sp³-hybridized carbons (Fsp3) is 0.208. The Morgan fingerprint density at radius 1 is 0.900 bits per heavy atom. The molecule has 30 heavy (non-hydrogen) atoms. The summed E-state index contributed by atoms with van der Waals surface area (Å²) >= 11 is 0. The average Bonchev–Trinajstić information content (AvgIpc) is 3.34. The summed E-state index contributed by atoms with van der Waals surface area (Å²) < 4.78 is 27.8. The lowest BCUT2D eigenvalue weighted by Crippen LogP contribution is -2.44. The molecule has 1 fully saturated rings. The molecule has 0 aliphatic carbocycles. The van der Waals surface area contributed by atoms with Crippen LogP contribution >= 0.6 is 0 Å². The highest BCUT2D eigenvalue weighted by Crippen LogP contribution is 2.49. The van der Waals surface area contributed by atoms with Crippen molar-refractivity contribution in [3.8, 4) is 0 Å². The standard InChI is InChI=1S/C24H22N2O3S/c27-23-24(15-16-25(18-24)30(28,29)20-11-5-2-6-12-20)21-13-7-8-14-22(21)26(23)17-19-9-3-1-4-10-19/h1-14H,15-18H2. The van der Waals surface area contributed by atoms with Crippen molar-refractivity contribution >= 4 is 22.0 Å². The summed E-state index contributed by atoms with van der Waals surface area (Å²) in [6.07, 6.45) is 0.486. The highest BCUT2D eigenvalue weighted by Gasteiger charge is 2.57. The zero-order valence-electron chi connectivity index (χ0n) is 16.4. The van der Waals surface area contributed by atoms with Crippen LogP contribution in [0.5, 0.6) is 0 Å². The van der Waals surface area contributed by atoms with Crippen LogP contribution in [0.2, 0.25) is 0 Å². The number of nitrogens with zero attached hydrogens (tertiary/aromatic N) is 2. The number of fused-ring (bicyclic) bond motifs is 2. The molecule has 6 heteroatoms. The van der Waals surface area contributed by atoms with Crippen molar-refractivity contribution < 1.29 is 13.6 Å². The minimum Gasteiger partial charge on any atom is -0.593 e. The molecular formula is C24H22N2O3S. The van der Waals surface area contributed by atoms with E-state index in [-0.39, 0.29) is 17.3 Å². The van der Waals surface area contributed by atoms with E-state index in [4.69, 9.17) is 0 Å². The van der Waals surface area contributed by atoms with Gasteiger partial charge in [-0.1, -0.05) is 70.9 Å². The predicted molar refractivity (Wildman–Crippen MR) is 115 cm³/mol.